The van der Waals surface area contributed by atoms with Gasteiger partial charge < -0.3 is 4.98 Å². The number of imidazole rings is 1. The molecule has 0 aliphatic heterocycles. The molecule has 0 aliphatic rings. The van der Waals surface area contributed by atoms with Gasteiger partial charge in [-0.2, -0.15) is 4.39 Å². The fourth-order valence-electron chi connectivity index (χ4n) is 3.13. The molecule has 0 spiro atoms. The topological polar surface area (TPSA) is 98.9 Å². The van der Waals surface area contributed by atoms with E-state index in [0.29, 0.717) is 22.8 Å². The van der Waals surface area contributed by atoms with Crippen LogP contribution in [-0.4, -0.2) is 26.8 Å². The number of nitrogens with zero attached hydrogens (tertiary/aromatic N) is 2. The molecule has 0 atom stereocenters. The van der Waals surface area contributed by atoms with Gasteiger partial charge in [-0.1, -0.05) is 63.2 Å². The summed E-state index contributed by atoms with van der Waals surface area (Å²) in [7, 11) is 0. The van der Waals surface area contributed by atoms with Crippen LogP contribution in [0.15, 0.2) is 60.7 Å². The molecule has 3 rings (SSSR count). The van der Waals surface area contributed by atoms with Crippen LogP contribution in [0.3, 0.4) is 0 Å². The van der Waals surface area contributed by atoms with Crippen molar-refractivity contribution in [1.29, 1.82) is 5.41 Å². The predicted molar refractivity (Wildman–Crippen MR) is 121 cm³/mol. The molecule has 4 N–H and O–H groups in total. The lowest BCUT2D eigenvalue weighted by Crippen LogP contribution is -2.37. The van der Waals surface area contributed by atoms with Gasteiger partial charge in [0.15, 0.2) is 0 Å². The van der Waals surface area contributed by atoms with Crippen LogP contribution in [0.2, 0.25) is 0 Å². The van der Waals surface area contributed by atoms with Crippen molar-refractivity contribution in [3.8, 4) is 11.3 Å². The molecular formula is C24H26FN5O. The molecule has 1 heterocycles. The van der Waals surface area contributed by atoms with E-state index < -0.39 is 5.97 Å². The van der Waals surface area contributed by atoms with Gasteiger partial charge in [-0.05, 0) is 35.3 Å². The summed E-state index contributed by atoms with van der Waals surface area (Å²) in [5.74, 6) is 5.03. The molecule has 0 aliphatic carbocycles. The van der Waals surface area contributed by atoms with Crippen LogP contribution >= 0.6 is 0 Å². The largest absolute Gasteiger partial charge is 0.340 e. The Hall–Kier alpha value is -3.58. The van der Waals surface area contributed by atoms with E-state index >= 15 is 0 Å². The Labute approximate surface area is 181 Å². The van der Waals surface area contributed by atoms with Gasteiger partial charge in [0.25, 0.3) is 5.91 Å². The smallest absolute Gasteiger partial charge is 0.268 e. The number of carbonyl (C=O) groups excluding carboxylic acids is 1. The van der Waals surface area contributed by atoms with Crippen molar-refractivity contribution in [2.75, 3.05) is 0 Å². The maximum atomic E-state index is 12.9. The number of rotatable bonds is 6. The molecule has 31 heavy (non-hydrogen) atoms. The summed E-state index contributed by atoms with van der Waals surface area (Å²) in [5.41, 5.74) is 3.74. The Bertz CT molecular complexity index is 1100. The number of allylic oxidation sites excluding steroid dienone is 1. The average Bonchev–Trinajstić information content (AvgIpc) is 3.14. The second-order valence-electron chi connectivity index (χ2n) is 8.26. The van der Waals surface area contributed by atoms with E-state index in [4.69, 9.17) is 11.3 Å². The number of hydrogen-bond acceptors (Lipinski definition) is 4. The number of benzene rings is 2. The number of amides is 1. The van der Waals surface area contributed by atoms with Crippen molar-refractivity contribution in [2.45, 2.75) is 32.7 Å². The third-order valence-corrected chi connectivity index (χ3v) is 4.82. The van der Waals surface area contributed by atoms with Crippen LogP contribution in [0.5, 0.6) is 0 Å². The van der Waals surface area contributed by atoms with Crippen LogP contribution in [0, 0.1) is 5.41 Å². The minimum Gasteiger partial charge on any atom is -0.340 e. The number of halogens is 1. The Morgan fingerprint density at radius 2 is 1.81 bits per heavy atom. The van der Waals surface area contributed by atoms with E-state index in [1.54, 1.807) is 24.3 Å². The zero-order chi connectivity index (χ0) is 22.6. The minimum atomic E-state index is -1.08. The van der Waals surface area contributed by atoms with Crippen molar-refractivity contribution in [3.63, 3.8) is 0 Å². The van der Waals surface area contributed by atoms with Crippen molar-refractivity contribution < 1.29 is 9.18 Å². The highest BCUT2D eigenvalue weighted by molar-refractivity contribution is 5.93. The number of aromatic nitrogens is 2. The quantitative estimate of drug-likeness (QED) is 0.230. The van der Waals surface area contributed by atoms with Crippen molar-refractivity contribution in [3.05, 3.63) is 83.3 Å². The van der Waals surface area contributed by atoms with Crippen molar-refractivity contribution >= 4 is 17.9 Å². The summed E-state index contributed by atoms with van der Waals surface area (Å²) in [5, 5.41) is 8.06. The van der Waals surface area contributed by atoms with Crippen LogP contribution in [0.1, 0.15) is 48.2 Å². The number of H-pyrrole nitrogens is 1. The lowest BCUT2D eigenvalue weighted by Gasteiger charge is -2.19. The Morgan fingerprint density at radius 3 is 2.39 bits per heavy atom. The number of nitrogens with one attached hydrogen (secondary N) is 2. The standard InChI is InChI=1S/C24H26FN5O/c1-24(2,3)18-11-9-16(10-12-18)22-19(28-21(29-22)14-13-20(25)26)15-30(27)23(31)17-7-5-4-6-8-17/h4-14,26H,15,27H2,1-3H3,(H,28,29)/b14-13-,26-20?. The van der Waals surface area contributed by atoms with E-state index in [1.807, 2.05) is 30.3 Å². The SMILES string of the molecule is CC(C)(C)c1ccc(-c2nc(/C=C\C(=N)F)[nH]c2CN(N)C(=O)c2ccccc2)cc1. The molecule has 3 aromatic rings. The first-order chi connectivity index (χ1) is 14.6. The molecule has 7 heteroatoms. The van der Waals surface area contributed by atoms with Gasteiger partial charge in [0.2, 0.25) is 5.97 Å². The van der Waals surface area contributed by atoms with Crippen molar-refractivity contribution in [1.82, 2.24) is 15.0 Å². The van der Waals surface area contributed by atoms with Gasteiger partial charge in [-0.3, -0.25) is 15.2 Å². The lowest BCUT2D eigenvalue weighted by atomic mass is 9.86. The van der Waals surface area contributed by atoms with E-state index in [9.17, 15) is 9.18 Å². The van der Waals surface area contributed by atoms with Gasteiger partial charge in [0.1, 0.15) is 5.82 Å². The predicted octanol–water partition coefficient (Wildman–Crippen LogP) is 4.85. The number of hydrogen-bond donors (Lipinski definition) is 3. The molecule has 1 amide bonds. The first-order valence-electron chi connectivity index (χ1n) is 9.88. The molecule has 0 unspecified atom stereocenters. The molecule has 2 aromatic carbocycles. The Morgan fingerprint density at radius 1 is 1.16 bits per heavy atom. The Kier molecular flexibility index (Phi) is 6.46. The summed E-state index contributed by atoms with van der Waals surface area (Å²) in [4.78, 5) is 20.3. The summed E-state index contributed by atoms with van der Waals surface area (Å²) < 4.78 is 12.9. The number of carbonyl (C=O) groups is 1. The fourth-order valence-corrected chi connectivity index (χ4v) is 3.13. The summed E-state index contributed by atoms with van der Waals surface area (Å²) >= 11 is 0. The molecular weight excluding hydrogens is 393 g/mol. The van der Waals surface area contributed by atoms with Gasteiger partial charge in [0.05, 0.1) is 17.9 Å². The summed E-state index contributed by atoms with van der Waals surface area (Å²) in [6, 6.07) is 16.8. The normalized spacial score (nSPS) is 11.6. The van der Waals surface area contributed by atoms with Gasteiger partial charge in [-0.15, -0.1) is 0 Å². The van der Waals surface area contributed by atoms with Crippen LogP contribution in [0.4, 0.5) is 4.39 Å². The zero-order valence-electron chi connectivity index (χ0n) is 17.8. The van der Waals surface area contributed by atoms with Crippen LogP contribution in [0.25, 0.3) is 17.3 Å². The van der Waals surface area contributed by atoms with E-state index in [2.05, 4.69) is 30.7 Å². The second kappa shape index (κ2) is 9.06. The molecule has 0 saturated carbocycles. The van der Waals surface area contributed by atoms with E-state index in [-0.39, 0.29) is 17.9 Å². The summed E-state index contributed by atoms with van der Waals surface area (Å²) in [6.45, 7) is 6.49. The molecule has 0 fully saturated rings. The highest BCUT2D eigenvalue weighted by Gasteiger charge is 2.19. The molecule has 0 bridgehead atoms. The van der Waals surface area contributed by atoms with Gasteiger partial charge in [-0.25, -0.2) is 10.8 Å². The lowest BCUT2D eigenvalue weighted by molar-refractivity contribution is 0.0741. The van der Waals surface area contributed by atoms with Gasteiger partial charge in [0, 0.05) is 11.1 Å². The maximum Gasteiger partial charge on any atom is 0.268 e. The highest BCUT2D eigenvalue weighted by Crippen LogP contribution is 2.28. The average molecular weight is 420 g/mol. The highest BCUT2D eigenvalue weighted by atomic mass is 19.1. The maximum absolute atomic E-state index is 12.9. The molecule has 6 nitrogen and oxygen atoms in total. The molecule has 0 radical (unpaired) electrons. The fraction of sp³-hybridized carbons (Fsp3) is 0.208. The number of aromatic amines is 1. The van der Waals surface area contributed by atoms with E-state index in [1.165, 1.54) is 11.6 Å². The third kappa shape index (κ3) is 5.52. The monoisotopic (exact) mass is 419 g/mol. The summed E-state index contributed by atoms with van der Waals surface area (Å²) in [6.07, 6.45) is 2.38. The molecule has 160 valence electrons. The van der Waals surface area contributed by atoms with E-state index in [0.717, 1.165) is 16.6 Å². The number of nitrogens with two attached hydrogens (primary N) is 1. The molecule has 0 saturated heterocycles. The number of hydrazine groups is 1. The van der Waals surface area contributed by atoms with Gasteiger partial charge >= 0.3 is 0 Å². The minimum absolute atomic E-state index is 0.0124. The zero-order valence-corrected chi connectivity index (χ0v) is 17.8. The van der Waals surface area contributed by atoms with Crippen LogP contribution < -0.4 is 5.84 Å². The first kappa shape index (κ1) is 22.1. The first-order valence-corrected chi connectivity index (χ1v) is 9.88. The van der Waals surface area contributed by atoms with Crippen molar-refractivity contribution in [2.24, 2.45) is 5.84 Å². The second-order valence-corrected chi connectivity index (χ2v) is 8.26. The third-order valence-electron chi connectivity index (χ3n) is 4.82. The Balaban J connectivity index is 1.94. The molecule has 1 aromatic heterocycles. The van der Waals surface area contributed by atoms with Crippen LogP contribution in [-0.2, 0) is 12.0 Å².